The van der Waals surface area contributed by atoms with Gasteiger partial charge in [0.05, 0.1) is 22.6 Å². The minimum absolute atomic E-state index is 0.0178. The average Bonchev–Trinajstić information content (AvgIpc) is 3.19. The van der Waals surface area contributed by atoms with Gasteiger partial charge in [-0.15, -0.1) is 0 Å². The summed E-state index contributed by atoms with van der Waals surface area (Å²) in [7, 11) is 0. The molecule has 4 rings (SSSR count). The number of alkyl halides is 3. The summed E-state index contributed by atoms with van der Waals surface area (Å²) in [6.07, 6.45) is -5.99. The van der Waals surface area contributed by atoms with Gasteiger partial charge in [-0.05, 0) is 42.3 Å². The van der Waals surface area contributed by atoms with E-state index < -0.39 is 24.1 Å². The first-order valence-electron chi connectivity index (χ1n) is 10.6. The van der Waals surface area contributed by atoms with E-state index in [2.05, 4.69) is 4.98 Å². The number of aliphatic carboxylic acids is 1. The van der Waals surface area contributed by atoms with Crippen LogP contribution in [0.2, 0.25) is 10.0 Å². The zero-order chi connectivity index (χ0) is 26.0. The number of hydrogen-bond donors (Lipinski definition) is 1. The Morgan fingerprint density at radius 2 is 1.81 bits per heavy atom. The quantitative estimate of drug-likeness (QED) is 0.266. The number of aromatic nitrogens is 2. The maximum absolute atomic E-state index is 13.9. The van der Waals surface area contributed by atoms with Crippen molar-refractivity contribution in [2.75, 3.05) is 0 Å². The van der Waals surface area contributed by atoms with E-state index in [9.17, 15) is 18.0 Å². The van der Waals surface area contributed by atoms with Gasteiger partial charge < -0.3 is 19.1 Å². The highest BCUT2D eigenvalue weighted by Crippen LogP contribution is 2.36. The zero-order valence-electron chi connectivity index (χ0n) is 18.7. The number of fused-ring (bicyclic) bond motifs is 1. The molecule has 0 aliphatic rings. The second-order valence-electron chi connectivity index (χ2n) is 7.92. The van der Waals surface area contributed by atoms with E-state index in [1.165, 1.54) is 31.2 Å². The van der Waals surface area contributed by atoms with Gasteiger partial charge in [0.25, 0.3) is 0 Å². The van der Waals surface area contributed by atoms with Crippen molar-refractivity contribution in [3.8, 4) is 11.5 Å². The first-order valence-corrected chi connectivity index (χ1v) is 11.4. The van der Waals surface area contributed by atoms with Gasteiger partial charge in [0, 0.05) is 11.1 Å². The van der Waals surface area contributed by atoms with E-state index in [-0.39, 0.29) is 45.5 Å². The van der Waals surface area contributed by atoms with Crippen molar-refractivity contribution < 1.29 is 32.5 Å². The lowest BCUT2D eigenvalue weighted by Crippen LogP contribution is -2.23. The number of nitrogens with zero attached hydrogens (tertiary/aromatic N) is 2. The highest BCUT2D eigenvalue weighted by Gasteiger charge is 2.38. The van der Waals surface area contributed by atoms with Crippen LogP contribution in [0.4, 0.5) is 13.2 Å². The minimum atomic E-state index is -4.75. The van der Waals surface area contributed by atoms with Crippen LogP contribution in [0.3, 0.4) is 0 Å². The van der Waals surface area contributed by atoms with Gasteiger partial charge in [-0.3, -0.25) is 0 Å². The topological polar surface area (TPSA) is 73.6 Å². The molecule has 0 bridgehead atoms. The largest absolute Gasteiger partial charge is 0.489 e. The number of carbonyl (C=O) groups is 1. The average molecular weight is 539 g/mol. The minimum Gasteiger partial charge on any atom is -0.489 e. The number of benzene rings is 3. The van der Waals surface area contributed by atoms with Crippen LogP contribution in [-0.4, -0.2) is 26.7 Å². The second-order valence-corrected chi connectivity index (χ2v) is 8.73. The lowest BCUT2D eigenvalue weighted by molar-refractivity contribution is -0.147. The molecule has 0 aliphatic carbocycles. The molecule has 1 aromatic heterocycles. The Kier molecular flexibility index (Phi) is 7.33. The third kappa shape index (κ3) is 5.68. The van der Waals surface area contributed by atoms with Crippen molar-refractivity contribution in [1.82, 2.24) is 9.55 Å². The maximum Gasteiger partial charge on any atom is 0.449 e. The number of rotatable bonds is 8. The summed E-state index contributed by atoms with van der Waals surface area (Å²) in [5.41, 5.74) is 1.43. The van der Waals surface area contributed by atoms with E-state index in [1.807, 2.05) is 30.3 Å². The smallest absolute Gasteiger partial charge is 0.449 e. The molecule has 0 unspecified atom stereocenters. The highest BCUT2D eigenvalue weighted by molar-refractivity contribution is 6.36. The van der Waals surface area contributed by atoms with Gasteiger partial charge in [-0.2, -0.15) is 13.2 Å². The maximum atomic E-state index is 13.9. The van der Waals surface area contributed by atoms with Crippen molar-refractivity contribution in [3.05, 3.63) is 87.7 Å². The standard InChI is InChI=1S/C25H19Cl2F3N2O4/c1-14(23(33)34)36-22-9-16(18(26)11-19(22)27)12-32-21-10-17(35-13-15-5-3-2-4-6-15)7-8-20(21)31-24(32)25(28,29)30/h2-11,14H,12-13H2,1H3,(H,33,34)/t14-/m0/s1. The van der Waals surface area contributed by atoms with E-state index in [1.54, 1.807) is 6.07 Å². The molecule has 1 heterocycles. The summed E-state index contributed by atoms with van der Waals surface area (Å²) in [4.78, 5) is 14.9. The molecule has 4 aromatic rings. The highest BCUT2D eigenvalue weighted by atomic mass is 35.5. The summed E-state index contributed by atoms with van der Waals surface area (Å²) in [5.74, 6) is -2.01. The summed E-state index contributed by atoms with van der Waals surface area (Å²) in [6, 6.07) is 16.4. The Bertz CT molecular complexity index is 1410. The molecule has 0 amide bonds. The van der Waals surface area contributed by atoms with Crippen LogP contribution in [0.15, 0.2) is 60.7 Å². The fraction of sp³-hybridized carbons (Fsp3) is 0.200. The molecule has 0 radical (unpaired) electrons. The van der Waals surface area contributed by atoms with Gasteiger partial charge >= 0.3 is 12.1 Å². The third-order valence-electron chi connectivity index (χ3n) is 5.30. The Hall–Kier alpha value is -3.43. The first-order chi connectivity index (χ1) is 17.0. The number of imidazole rings is 1. The molecule has 0 saturated carbocycles. The van der Waals surface area contributed by atoms with E-state index in [0.717, 1.165) is 10.1 Å². The molecule has 0 saturated heterocycles. The molecule has 0 spiro atoms. The number of carboxylic acid groups (broad SMARTS) is 1. The summed E-state index contributed by atoms with van der Waals surface area (Å²) in [5, 5.41) is 9.22. The third-order valence-corrected chi connectivity index (χ3v) is 5.95. The van der Waals surface area contributed by atoms with Crippen molar-refractivity contribution in [2.24, 2.45) is 0 Å². The Labute approximate surface area is 213 Å². The van der Waals surface area contributed by atoms with Crippen molar-refractivity contribution in [1.29, 1.82) is 0 Å². The van der Waals surface area contributed by atoms with Crippen LogP contribution in [0.25, 0.3) is 11.0 Å². The second kappa shape index (κ2) is 10.3. The first kappa shape index (κ1) is 25.7. The number of carboxylic acids is 1. The Balaban J connectivity index is 1.73. The van der Waals surface area contributed by atoms with Crippen molar-refractivity contribution >= 4 is 40.2 Å². The van der Waals surface area contributed by atoms with Crippen molar-refractivity contribution in [2.45, 2.75) is 32.4 Å². The fourth-order valence-corrected chi connectivity index (χ4v) is 3.99. The van der Waals surface area contributed by atoms with Crippen LogP contribution in [-0.2, 0) is 24.1 Å². The van der Waals surface area contributed by atoms with E-state index in [0.29, 0.717) is 5.75 Å². The van der Waals surface area contributed by atoms with Gasteiger partial charge in [0.2, 0.25) is 5.82 Å². The molecular weight excluding hydrogens is 520 g/mol. The van der Waals surface area contributed by atoms with E-state index in [4.69, 9.17) is 37.8 Å². The van der Waals surface area contributed by atoms with Gasteiger partial charge in [0.1, 0.15) is 18.1 Å². The van der Waals surface area contributed by atoms with Crippen LogP contribution in [0.1, 0.15) is 23.9 Å². The van der Waals surface area contributed by atoms with Crippen LogP contribution < -0.4 is 9.47 Å². The summed E-state index contributed by atoms with van der Waals surface area (Å²) >= 11 is 12.4. The number of ether oxygens (including phenoxy) is 2. The number of halogens is 5. The Morgan fingerprint density at radius 3 is 2.47 bits per heavy atom. The summed E-state index contributed by atoms with van der Waals surface area (Å²) in [6.45, 7) is 1.20. The van der Waals surface area contributed by atoms with Gasteiger partial charge in [-0.25, -0.2) is 9.78 Å². The van der Waals surface area contributed by atoms with E-state index >= 15 is 0 Å². The molecule has 1 N–H and O–H groups in total. The van der Waals surface area contributed by atoms with Gasteiger partial charge in [-0.1, -0.05) is 53.5 Å². The van der Waals surface area contributed by atoms with Crippen LogP contribution >= 0.6 is 23.2 Å². The predicted molar refractivity (Wildman–Crippen MR) is 129 cm³/mol. The lowest BCUT2D eigenvalue weighted by Gasteiger charge is -2.16. The normalized spacial score (nSPS) is 12.5. The monoisotopic (exact) mass is 538 g/mol. The lowest BCUT2D eigenvalue weighted by atomic mass is 10.2. The molecule has 1 atom stereocenters. The van der Waals surface area contributed by atoms with Crippen LogP contribution in [0.5, 0.6) is 11.5 Å². The molecule has 36 heavy (non-hydrogen) atoms. The van der Waals surface area contributed by atoms with Crippen molar-refractivity contribution in [3.63, 3.8) is 0 Å². The number of hydrogen-bond acceptors (Lipinski definition) is 4. The molecule has 0 aliphatic heterocycles. The molecule has 3 aromatic carbocycles. The van der Waals surface area contributed by atoms with Crippen LogP contribution in [0, 0.1) is 0 Å². The molecule has 0 fully saturated rings. The van der Waals surface area contributed by atoms with Gasteiger partial charge in [0.15, 0.2) is 6.10 Å². The SMILES string of the molecule is C[C@H](Oc1cc(Cn2c(C(F)(F)F)nc3ccc(OCc4ccccc4)cc32)c(Cl)cc1Cl)C(=O)O. The summed E-state index contributed by atoms with van der Waals surface area (Å²) < 4.78 is 53.8. The zero-order valence-corrected chi connectivity index (χ0v) is 20.2. The molecule has 11 heteroatoms. The molecule has 6 nitrogen and oxygen atoms in total. The molecular formula is C25H19Cl2F3N2O4. The Morgan fingerprint density at radius 1 is 1.08 bits per heavy atom. The molecule has 188 valence electrons. The fourth-order valence-electron chi connectivity index (χ4n) is 3.50. The predicted octanol–water partition coefficient (Wildman–Crippen LogP) is 6.84.